The van der Waals surface area contributed by atoms with Crippen LogP contribution in [0.15, 0.2) is 24.3 Å². The normalized spacial score (nSPS) is 19.8. The van der Waals surface area contributed by atoms with E-state index in [-0.39, 0.29) is 23.6 Å². The van der Waals surface area contributed by atoms with Gasteiger partial charge in [0.15, 0.2) is 0 Å². The van der Waals surface area contributed by atoms with Gasteiger partial charge in [0, 0.05) is 24.9 Å². The third kappa shape index (κ3) is 4.71. The molecule has 2 nitrogen and oxygen atoms in total. The molecule has 0 spiro atoms. The Labute approximate surface area is 115 Å². The van der Waals surface area contributed by atoms with E-state index in [4.69, 9.17) is 0 Å². The maximum Gasteiger partial charge on any atom is 0.441 e. The van der Waals surface area contributed by atoms with Crippen molar-refractivity contribution in [2.75, 3.05) is 18.8 Å². The third-order valence-electron chi connectivity index (χ3n) is 3.11. The van der Waals surface area contributed by atoms with Gasteiger partial charge in [-0.2, -0.15) is 13.2 Å². The van der Waals surface area contributed by atoms with Crippen molar-refractivity contribution in [3.8, 4) is 0 Å². The molecule has 0 aromatic heterocycles. The number of rotatable bonds is 4. The molecule has 1 aromatic carbocycles. The summed E-state index contributed by atoms with van der Waals surface area (Å²) in [5.41, 5.74) is -1.71. The molecule has 2 rings (SSSR count). The number of nitrogens with one attached hydrogen (secondary N) is 2. The standard InChI is InChI=1S/C13H17F3N2S/c14-13(15,16)19-8-7-18-12-5-6-17-9-10-3-1-2-4-11(10)12/h1-4,12,17-18H,5-9H2. The van der Waals surface area contributed by atoms with E-state index in [0.29, 0.717) is 6.54 Å². The molecule has 1 unspecified atom stereocenters. The number of benzene rings is 1. The molecule has 0 amide bonds. The van der Waals surface area contributed by atoms with Crippen molar-refractivity contribution in [2.24, 2.45) is 0 Å². The lowest BCUT2D eigenvalue weighted by Crippen LogP contribution is -2.26. The SMILES string of the molecule is FC(F)(F)SCCNC1CCNCc2ccccc21. The van der Waals surface area contributed by atoms with E-state index in [1.807, 2.05) is 12.1 Å². The molecule has 0 aliphatic carbocycles. The molecular formula is C13H17F3N2S. The zero-order valence-electron chi connectivity index (χ0n) is 10.5. The second-order valence-corrected chi connectivity index (χ2v) is 5.63. The van der Waals surface area contributed by atoms with Crippen molar-refractivity contribution in [3.63, 3.8) is 0 Å². The highest BCUT2D eigenvalue weighted by atomic mass is 32.2. The van der Waals surface area contributed by atoms with Crippen LogP contribution in [0, 0.1) is 0 Å². The van der Waals surface area contributed by atoms with Crippen LogP contribution in [-0.4, -0.2) is 24.4 Å². The minimum atomic E-state index is -4.13. The number of fused-ring (bicyclic) bond motifs is 1. The highest BCUT2D eigenvalue weighted by molar-refractivity contribution is 8.00. The molecule has 0 radical (unpaired) electrons. The minimum Gasteiger partial charge on any atom is -0.313 e. The number of halogens is 3. The van der Waals surface area contributed by atoms with E-state index >= 15 is 0 Å². The summed E-state index contributed by atoms with van der Waals surface area (Å²) in [7, 11) is 0. The number of hydrogen-bond acceptors (Lipinski definition) is 3. The van der Waals surface area contributed by atoms with Crippen molar-refractivity contribution in [2.45, 2.75) is 24.5 Å². The predicted octanol–water partition coefficient (Wildman–Crippen LogP) is 3.06. The fraction of sp³-hybridized carbons (Fsp3) is 0.538. The topological polar surface area (TPSA) is 24.1 Å². The molecule has 1 atom stereocenters. The second-order valence-electron chi connectivity index (χ2n) is 4.47. The number of thioether (sulfide) groups is 1. The maximum absolute atomic E-state index is 12.1. The summed E-state index contributed by atoms with van der Waals surface area (Å²) in [6, 6.07) is 8.22. The molecule has 1 aliphatic rings. The summed E-state index contributed by atoms with van der Waals surface area (Å²) in [6.07, 6.45) is 0.897. The summed E-state index contributed by atoms with van der Waals surface area (Å²) >= 11 is 0.0305. The first kappa shape index (κ1) is 14.7. The molecule has 0 bridgehead atoms. The van der Waals surface area contributed by atoms with Gasteiger partial charge in [0.05, 0.1) is 0 Å². The van der Waals surface area contributed by atoms with Gasteiger partial charge in [-0.15, -0.1) is 0 Å². The lowest BCUT2D eigenvalue weighted by Gasteiger charge is -2.19. The minimum absolute atomic E-state index is 0.0305. The summed E-state index contributed by atoms with van der Waals surface area (Å²) in [5.74, 6) is 0.0512. The van der Waals surface area contributed by atoms with Crippen LogP contribution in [0.1, 0.15) is 23.6 Å². The van der Waals surface area contributed by atoms with Gasteiger partial charge < -0.3 is 10.6 Å². The smallest absolute Gasteiger partial charge is 0.313 e. The van der Waals surface area contributed by atoms with Crippen LogP contribution in [0.25, 0.3) is 0 Å². The molecule has 106 valence electrons. The van der Waals surface area contributed by atoms with Crippen LogP contribution >= 0.6 is 11.8 Å². The Bertz CT molecular complexity index is 409. The Balaban J connectivity index is 1.90. The highest BCUT2D eigenvalue weighted by Crippen LogP contribution is 2.30. The Morgan fingerprint density at radius 3 is 2.89 bits per heavy atom. The molecule has 1 heterocycles. The monoisotopic (exact) mass is 290 g/mol. The van der Waals surface area contributed by atoms with Crippen LogP contribution in [-0.2, 0) is 6.54 Å². The van der Waals surface area contributed by atoms with Gasteiger partial charge in [0.25, 0.3) is 0 Å². The van der Waals surface area contributed by atoms with Gasteiger partial charge in [-0.25, -0.2) is 0 Å². The van der Waals surface area contributed by atoms with Gasteiger partial charge in [0.2, 0.25) is 0 Å². The van der Waals surface area contributed by atoms with Gasteiger partial charge in [-0.1, -0.05) is 24.3 Å². The average Bonchev–Trinajstić information content (AvgIpc) is 2.56. The lowest BCUT2D eigenvalue weighted by atomic mass is 9.99. The zero-order valence-corrected chi connectivity index (χ0v) is 11.3. The fourth-order valence-electron chi connectivity index (χ4n) is 2.27. The van der Waals surface area contributed by atoms with Crippen LogP contribution in [0.5, 0.6) is 0 Å². The fourth-order valence-corrected chi connectivity index (χ4v) is 2.72. The largest absolute Gasteiger partial charge is 0.441 e. The quantitative estimate of drug-likeness (QED) is 0.833. The van der Waals surface area contributed by atoms with Crippen molar-refractivity contribution >= 4 is 11.8 Å². The van der Waals surface area contributed by atoms with E-state index in [2.05, 4.69) is 22.8 Å². The van der Waals surface area contributed by atoms with E-state index in [9.17, 15) is 13.2 Å². The summed E-state index contributed by atoms with van der Waals surface area (Å²) < 4.78 is 36.2. The van der Waals surface area contributed by atoms with Crippen molar-refractivity contribution < 1.29 is 13.2 Å². The van der Waals surface area contributed by atoms with Gasteiger partial charge in [-0.05, 0) is 35.9 Å². The van der Waals surface area contributed by atoms with Crippen molar-refractivity contribution in [1.82, 2.24) is 10.6 Å². The molecule has 1 aliphatic heterocycles. The van der Waals surface area contributed by atoms with Gasteiger partial charge in [-0.3, -0.25) is 0 Å². The van der Waals surface area contributed by atoms with E-state index < -0.39 is 5.51 Å². The molecule has 6 heteroatoms. The van der Waals surface area contributed by atoms with Gasteiger partial charge in [0.1, 0.15) is 0 Å². The van der Waals surface area contributed by atoms with E-state index in [1.165, 1.54) is 11.1 Å². The van der Waals surface area contributed by atoms with Crippen LogP contribution < -0.4 is 10.6 Å². The first-order chi connectivity index (χ1) is 9.06. The van der Waals surface area contributed by atoms with Crippen LogP contribution in [0.4, 0.5) is 13.2 Å². The Kier molecular flexibility index (Phi) is 5.13. The molecule has 0 saturated carbocycles. The Morgan fingerprint density at radius 1 is 1.32 bits per heavy atom. The van der Waals surface area contributed by atoms with Gasteiger partial charge >= 0.3 is 5.51 Å². The van der Waals surface area contributed by atoms with Crippen LogP contribution in [0.2, 0.25) is 0 Å². The number of hydrogen-bond donors (Lipinski definition) is 2. The van der Waals surface area contributed by atoms with Crippen molar-refractivity contribution in [3.05, 3.63) is 35.4 Å². The first-order valence-electron chi connectivity index (χ1n) is 6.29. The Hall–Kier alpha value is -0.720. The van der Waals surface area contributed by atoms with E-state index in [0.717, 1.165) is 19.5 Å². The van der Waals surface area contributed by atoms with E-state index in [1.54, 1.807) is 0 Å². The molecule has 2 N–H and O–H groups in total. The van der Waals surface area contributed by atoms with Crippen molar-refractivity contribution in [1.29, 1.82) is 0 Å². The Morgan fingerprint density at radius 2 is 2.11 bits per heavy atom. The third-order valence-corrected chi connectivity index (χ3v) is 3.85. The molecule has 1 aromatic rings. The first-order valence-corrected chi connectivity index (χ1v) is 7.27. The summed E-state index contributed by atoms with van der Waals surface area (Å²) in [6.45, 7) is 2.06. The summed E-state index contributed by atoms with van der Waals surface area (Å²) in [5, 5.41) is 6.55. The van der Waals surface area contributed by atoms with Crippen LogP contribution in [0.3, 0.4) is 0 Å². The average molecular weight is 290 g/mol. The lowest BCUT2D eigenvalue weighted by molar-refractivity contribution is -0.0327. The predicted molar refractivity (Wildman–Crippen MR) is 72.0 cm³/mol. The maximum atomic E-state index is 12.1. The zero-order chi connectivity index (χ0) is 13.7. The molecular weight excluding hydrogens is 273 g/mol. The highest BCUT2D eigenvalue weighted by Gasteiger charge is 2.27. The molecule has 0 fully saturated rings. The summed E-state index contributed by atoms with van der Waals surface area (Å²) in [4.78, 5) is 0. The molecule has 0 saturated heterocycles. The second kappa shape index (κ2) is 6.63. The number of alkyl halides is 3. The molecule has 19 heavy (non-hydrogen) atoms.